The Morgan fingerprint density at radius 3 is 2.89 bits per heavy atom. The highest BCUT2D eigenvalue weighted by Gasteiger charge is 2.41. The minimum Gasteiger partial charge on any atom is -0.393 e. The fraction of sp³-hybridized carbons (Fsp3) is 0.667. The maximum Gasteiger partial charge on any atom is 0.0588 e. The van der Waals surface area contributed by atoms with Crippen LogP contribution in [-0.4, -0.2) is 29.3 Å². The molecule has 3 rings (SSSR count). The Morgan fingerprint density at radius 1 is 1.42 bits per heavy atom. The molecule has 4 atom stereocenters. The van der Waals surface area contributed by atoms with Crippen LogP contribution in [0.5, 0.6) is 0 Å². The molecule has 104 valence electrons. The van der Waals surface area contributed by atoms with Gasteiger partial charge in [-0.15, -0.1) is 0 Å². The molecule has 0 radical (unpaired) electrons. The van der Waals surface area contributed by atoms with Crippen molar-refractivity contribution in [3.63, 3.8) is 0 Å². The molecule has 1 saturated carbocycles. The summed E-state index contributed by atoms with van der Waals surface area (Å²) >= 11 is 0. The minimum atomic E-state index is -0.101. The number of nitrogens with two attached hydrogens (primary N) is 1. The Morgan fingerprint density at radius 2 is 2.26 bits per heavy atom. The number of hydrogen-bond donors (Lipinski definition) is 2. The molecule has 2 aliphatic rings. The highest BCUT2D eigenvalue weighted by molar-refractivity contribution is 5.46. The maximum atomic E-state index is 9.95. The summed E-state index contributed by atoms with van der Waals surface area (Å²) in [6.45, 7) is 4.10. The van der Waals surface area contributed by atoms with Crippen LogP contribution < -0.4 is 10.6 Å². The third-order valence-corrected chi connectivity index (χ3v) is 4.77. The van der Waals surface area contributed by atoms with Crippen molar-refractivity contribution in [2.24, 2.45) is 17.6 Å². The van der Waals surface area contributed by atoms with Crippen LogP contribution in [0.1, 0.15) is 37.9 Å². The largest absolute Gasteiger partial charge is 0.393 e. The van der Waals surface area contributed by atoms with Gasteiger partial charge in [-0.1, -0.05) is 6.92 Å². The molecule has 3 N–H and O–H groups in total. The summed E-state index contributed by atoms with van der Waals surface area (Å²) in [5.74, 6) is 1.12. The van der Waals surface area contributed by atoms with E-state index in [2.05, 4.69) is 22.9 Å². The molecule has 0 bridgehead atoms. The monoisotopic (exact) mass is 261 g/mol. The first kappa shape index (κ1) is 12.9. The second-order valence-electron chi connectivity index (χ2n) is 5.93. The first-order valence-corrected chi connectivity index (χ1v) is 7.33. The molecule has 19 heavy (non-hydrogen) atoms. The van der Waals surface area contributed by atoms with Crippen LogP contribution in [-0.2, 0) is 0 Å². The summed E-state index contributed by atoms with van der Waals surface area (Å²) in [5, 5.41) is 9.95. The predicted octanol–water partition coefficient (Wildman–Crippen LogP) is 1.70. The van der Waals surface area contributed by atoms with Crippen LogP contribution in [0.15, 0.2) is 18.3 Å². The molecule has 4 unspecified atom stereocenters. The van der Waals surface area contributed by atoms with E-state index in [9.17, 15) is 5.11 Å². The Bertz CT molecular complexity index is 434. The first-order chi connectivity index (χ1) is 9.19. The van der Waals surface area contributed by atoms with Crippen LogP contribution in [0.2, 0.25) is 0 Å². The van der Waals surface area contributed by atoms with Crippen molar-refractivity contribution in [3.05, 3.63) is 24.0 Å². The zero-order chi connectivity index (χ0) is 13.4. The fourth-order valence-corrected chi connectivity index (χ4v) is 3.46. The number of anilines is 1. The number of aromatic nitrogens is 1. The maximum absolute atomic E-state index is 9.95. The summed E-state index contributed by atoms with van der Waals surface area (Å²) < 4.78 is 0. The van der Waals surface area contributed by atoms with E-state index in [1.807, 2.05) is 12.3 Å². The highest BCUT2D eigenvalue weighted by atomic mass is 16.3. The van der Waals surface area contributed by atoms with Crippen molar-refractivity contribution < 1.29 is 5.11 Å². The summed E-state index contributed by atoms with van der Waals surface area (Å²) in [7, 11) is 0. The van der Waals surface area contributed by atoms with Gasteiger partial charge >= 0.3 is 0 Å². The van der Waals surface area contributed by atoms with E-state index in [1.54, 1.807) is 0 Å². The van der Waals surface area contributed by atoms with Crippen LogP contribution in [0.25, 0.3) is 0 Å². The van der Waals surface area contributed by atoms with Gasteiger partial charge in [0.2, 0.25) is 0 Å². The van der Waals surface area contributed by atoms with E-state index in [0.29, 0.717) is 11.8 Å². The number of pyridine rings is 1. The van der Waals surface area contributed by atoms with Gasteiger partial charge in [0.25, 0.3) is 0 Å². The van der Waals surface area contributed by atoms with Gasteiger partial charge in [-0.05, 0) is 37.3 Å². The molecule has 1 aliphatic heterocycles. The van der Waals surface area contributed by atoms with Gasteiger partial charge in [0.15, 0.2) is 0 Å². The van der Waals surface area contributed by atoms with Crippen molar-refractivity contribution in [1.29, 1.82) is 0 Å². The van der Waals surface area contributed by atoms with Gasteiger partial charge in [-0.2, -0.15) is 0 Å². The predicted molar refractivity (Wildman–Crippen MR) is 75.9 cm³/mol. The number of aliphatic hydroxyl groups excluding tert-OH is 1. The lowest BCUT2D eigenvalue weighted by Crippen LogP contribution is -2.24. The molecule has 2 fully saturated rings. The van der Waals surface area contributed by atoms with Gasteiger partial charge in [0, 0.05) is 25.0 Å². The van der Waals surface area contributed by atoms with Crippen LogP contribution in [0.4, 0.5) is 5.69 Å². The Kier molecular flexibility index (Phi) is 3.46. The molecule has 0 amide bonds. The minimum absolute atomic E-state index is 0.0360. The van der Waals surface area contributed by atoms with E-state index in [1.165, 1.54) is 0 Å². The third-order valence-electron chi connectivity index (χ3n) is 4.77. The smallest absolute Gasteiger partial charge is 0.0588 e. The standard InChI is InChI=1S/C15H23N3O/c1-2-13(16)14-5-4-11(7-17-14)18-8-10-3-6-15(19)12(10)9-18/h4-5,7,10,12-13,15,19H,2-3,6,8-9,16H2,1H3. The van der Waals surface area contributed by atoms with Crippen LogP contribution >= 0.6 is 0 Å². The molecule has 0 spiro atoms. The van der Waals surface area contributed by atoms with Crippen molar-refractivity contribution >= 4 is 5.69 Å². The molecule has 1 saturated heterocycles. The molecular weight excluding hydrogens is 238 g/mol. The summed E-state index contributed by atoms with van der Waals surface area (Å²) in [6.07, 6.45) is 4.88. The Balaban J connectivity index is 1.70. The van der Waals surface area contributed by atoms with E-state index >= 15 is 0 Å². The van der Waals surface area contributed by atoms with Gasteiger partial charge in [0.1, 0.15) is 0 Å². The van der Waals surface area contributed by atoms with Crippen LogP contribution in [0, 0.1) is 11.8 Å². The van der Waals surface area contributed by atoms with Crippen molar-refractivity contribution in [3.8, 4) is 0 Å². The second-order valence-corrected chi connectivity index (χ2v) is 5.93. The van der Waals surface area contributed by atoms with Crippen molar-refractivity contribution in [2.75, 3.05) is 18.0 Å². The van der Waals surface area contributed by atoms with Crippen LogP contribution in [0.3, 0.4) is 0 Å². The lowest BCUT2D eigenvalue weighted by atomic mass is 10.00. The molecular formula is C15H23N3O. The van der Waals surface area contributed by atoms with Gasteiger partial charge in [-0.3, -0.25) is 4.98 Å². The summed E-state index contributed by atoms with van der Waals surface area (Å²) in [5.41, 5.74) is 8.11. The van der Waals surface area contributed by atoms with E-state index in [0.717, 1.165) is 43.7 Å². The lowest BCUT2D eigenvalue weighted by Gasteiger charge is -2.20. The molecule has 4 nitrogen and oxygen atoms in total. The molecule has 1 aliphatic carbocycles. The summed E-state index contributed by atoms with van der Waals surface area (Å²) in [4.78, 5) is 6.83. The number of aliphatic hydroxyl groups is 1. The van der Waals surface area contributed by atoms with E-state index < -0.39 is 0 Å². The van der Waals surface area contributed by atoms with Crippen molar-refractivity contribution in [1.82, 2.24) is 4.98 Å². The number of rotatable bonds is 3. The normalized spacial score (nSPS) is 31.5. The zero-order valence-corrected chi connectivity index (χ0v) is 11.5. The topological polar surface area (TPSA) is 62.4 Å². The zero-order valence-electron chi connectivity index (χ0n) is 11.5. The quantitative estimate of drug-likeness (QED) is 0.869. The number of hydrogen-bond acceptors (Lipinski definition) is 4. The molecule has 0 aromatic carbocycles. The Hall–Kier alpha value is -1.13. The van der Waals surface area contributed by atoms with Crippen molar-refractivity contribution in [2.45, 2.75) is 38.3 Å². The number of fused-ring (bicyclic) bond motifs is 1. The average Bonchev–Trinajstić information content (AvgIpc) is 3.01. The van der Waals surface area contributed by atoms with E-state index in [-0.39, 0.29) is 12.1 Å². The van der Waals surface area contributed by atoms with Gasteiger partial charge < -0.3 is 15.7 Å². The number of nitrogens with zero attached hydrogens (tertiary/aromatic N) is 2. The molecule has 1 aromatic heterocycles. The molecule has 2 heterocycles. The lowest BCUT2D eigenvalue weighted by molar-refractivity contribution is 0.133. The average molecular weight is 261 g/mol. The third kappa shape index (κ3) is 2.35. The van der Waals surface area contributed by atoms with E-state index in [4.69, 9.17) is 5.73 Å². The SMILES string of the molecule is CCC(N)c1ccc(N2CC3CCC(O)C3C2)cn1. The van der Waals surface area contributed by atoms with Gasteiger partial charge in [-0.25, -0.2) is 0 Å². The Labute approximate surface area is 114 Å². The fourth-order valence-electron chi connectivity index (χ4n) is 3.46. The summed E-state index contributed by atoms with van der Waals surface area (Å²) in [6, 6.07) is 4.19. The van der Waals surface area contributed by atoms with Gasteiger partial charge in [0.05, 0.1) is 23.7 Å². The first-order valence-electron chi connectivity index (χ1n) is 7.33. The molecule has 1 aromatic rings. The highest BCUT2D eigenvalue weighted by Crippen LogP contribution is 2.39. The molecule has 4 heteroatoms. The second kappa shape index (κ2) is 5.10.